The number of methoxy groups -OCH3 is 1. The first kappa shape index (κ1) is 13.1. The Bertz CT molecular complexity index is 470. The second-order valence-electron chi connectivity index (χ2n) is 4.29. The molecule has 3 nitrogen and oxygen atoms in total. The van der Waals surface area contributed by atoms with Crippen LogP contribution < -0.4 is 4.74 Å². The van der Waals surface area contributed by atoms with Gasteiger partial charge >= 0.3 is 0 Å². The molecule has 0 fully saturated rings. The van der Waals surface area contributed by atoms with Gasteiger partial charge in [-0.2, -0.15) is 0 Å². The Balaban J connectivity index is 2.00. The van der Waals surface area contributed by atoms with Crippen molar-refractivity contribution in [1.29, 1.82) is 0 Å². The zero-order valence-electron chi connectivity index (χ0n) is 10.4. The van der Waals surface area contributed by atoms with Crippen LogP contribution in [0.5, 0.6) is 5.75 Å². The molecule has 0 aliphatic heterocycles. The van der Waals surface area contributed by atoms with Crippen molar-refractivity contribution in [1.82, 2.24) is 4.98 Å². The van der Waals surface area contributed by atoms with Crippen LogP contribution >= 0.6 is 11.3 Å². The summed E-state index contributed by atoms with van der Waals surface area (Å²) in [6.45, 7) is 0.175. The number of aliphatic hydroxyl groups is 1. The minimum absolute atomic E-state index is 0.175. The van der Waals surface area contributed by atoms with Crippen molar-refractivity contribution >= 4 is 11.3 Å². The lowest BCUT2D eigenvalue weighted by Gasteiger charge is -2.13. The summed E-state index contributed by atoms with van der Waals surface area (Å²) in [5.74, 6) is 1.07. The molecule has 0 amide bonds. The van der Waals surface area contributed by atoms with E-state index in [1.807, 2.05) is 29.1 Å². The van der Waals surface area contributed by atoms with E-state index in [1.54, 1.807) is 18.4 Å². The first-order valence-corrected chi connectivity index (χ1v) is 6.87. The van der Waals surface area contributed by atoms with E-state index in [-0.39, 0.29) is 12.5 Å². The normalized spacial score (nSPS) is 12.3. The molecule has 4 heteroatoms. The number of nitrogens with zero attached hydrogens (tertiary/aromatic N) is 1. The van der Waals surface area contributed by atoms with E-state index in [9.17, 15) is 5.11 Å². The summed E-state index contributed by atoms with van der Waals surface area (Å²) in [4.78, 5) is 4.26. The molecule has 0 aliphatic rings. The van der Waals surface area contributed by atoms with Crippen molar-refractivity contribution in [3.05, 3.63) is 46.4 Å². The van der Waals surface area contributed by atoms with E-state index in [0.29, 0.717) is 0 Å². The third-order valence-electron chi connectivity index (χ3n) is 2.90. The Labute approximate surface area is 111 Å². The first-order chi connectivity index (χ1) is 8.81. The maximum absolute atomic E-state index is 9.46. The van der Waals surface area contributed by atoms with Gasteiger partial charge in [0.2, 0.25) is 0 Å². The number of rotatable bonds is 6. The molecule has 0 bridgehead atoms. The quantitative estimate of drug-likeness (QED) is 0.871. The lowest BCUT2D eigenvalue weighted by atomic mass is 9.96. The molecule has 1 aromatic carbocycles. The number of aliphatic hydroxyl groups excluding tert-OH is 1. The SMILES string of the molecule is COc1cccc(CC(CO)Cc2cscn2)c1. The first-order valence-electron chi connectivity index (χ1n) is 5.92. The standard InChI is InChI=1S/C14H17NO2S/c1-17-14-4-2-3-11(7-14)5-12(8-16)6-13-9-18-10-15-13/h2-4,7,9-10,12,16H,5-6,8H2,1H3. The van der Waals surface area contributed by atoms with Crippen LogP contribution in [0.2, 0.25) is 0 Å². The maximum atomic E-state index is 9.46. The summed E-state index contributed by atoms with van der Waals surface area (Å²) in [7, 11) is 1.66. The molecule has 96 valence electrons. The minimum Gasteiger partial charge on any atom is -0.497 e. The van der Waals surface area contributed by atoms with E-state index in [2.05, 4.69) is 11.1 Å². The fraction of sp³-hybridized carbons (Fsp3) is 0.357. The lowest BCUT2D eigenvalue weighted by Crippen LogP contribution is -2.13. The highest BCUT2D eigenvalue weighted by atomic mass is 32.1. The molecular weight excluding hydrogens is 246 g/mol. The molecule has 1 heterocycles. The highest BCUT2D eigenvalue weighted by molar-refractivity contribution is 7.07. The van der Waals surface area contributed by atoms with Gasteiger partial charge in [-0.3, -0.25) is 0 Å². The molecule has 18 heavy (non-hydrogen) atoms. The largest absolute Gasteiger partial charge is 0.497 e. The molecule has 1 aromatic heterocycles. The Morgan fingerprint density at radius 2 is 2.28 bits per heavy atom. The molecule has 0 radical (unpaired) electrons. The van der Waals surface area contributed by atoms with Gasteiger partial charge in [0.15, 0.2) is 0 Å². The molecule has 2 rings (SSSR count). The van der Waals surface area contributed by atoms with Crippen molar-refractivity contribution in [3.63, 3.8) is 0 Å². The zero-order valence-corrected chi connectivity index (χ0v) is 11.2. The van der Waals surface area contributed by atoms with Crippen LogP contribution in [-0.2, 0) is 12.8 Å². The number of ether oxygens (including phenoxy) is 1. The Hall–Kier alpha value is -1.39. The topological polar surface area (TPSA) is 42.4 Å². The average molecular weight is 263 g/mol. The average Bonchev–Trinajstić information content (AvgIpc) is 2.91. The fourth-order valence-corrected chi connectivity index (χ4v) is 2.54. The van der Waals surface area contributed by atoms with Crippen LogP contribution in [0, 0.1) is 5.92 Å². The monoisotopic (exact) mass is 263 g/mol. The van der Waals surface area contributed by atoms with Gasteiger partial charge in [0.05, 0.1) is 18.3 Å². The predicted octanol–water partition coefficient (Wildman–Crippen LogP) is 2.55. The van der Waals surface area contributed by atoms with Gasteiger partial charge in [-0.25, -0.2) is 4.98 Å². The number of hydrogen-bond acceptors (Lipinski definition) is 4. The third-order valence-corrected chi connectivity index (χ3v) is 3.53. The molecule has 0 saturated carbocycles. The van der Waals surface area contributed by atoms with Gasteiger partial charge in [-0.15, -0.1) is 11.3 Å². The van der Waals surface area contributed by atoms with Crippen molar-refractivity contribution in [2.75, 3.05) is 13.7 Å². The van der Waals surface area contributed by atoms with E-state index in [4.69, 9.17) is 4.74 Å². The summed E-state index contributed by atoms with van der Waals surface area (Å²) in [5.41, 5.74) is 4.07. The number of thiazole rings is 1. The molecule has 1 N–H and O–H groups in total. The molecule has 0 aliphatic carbocycles. The molecule has 0 spiro atoms. The number of hydrogen-bond donors (Lipinski definition) is 1. The second-order valence-corrected chi connectivity index (χ2v) is 5.01. The van der Waals surface area contributed by atoms with Crippen LogP contribution in [0.3, 0.4) is 0 Å². The summed E-state index contributed by atoms with van der Waals surface area (Å²) < 4.78 is 5.20. The zero-order chi connectivity index (χ0) is 12.8. The fourth-order valence-electron chi connectivity index (χ4n) is 1.97. The molecule has 0 saturated heterocycles. The lowest BCUT2D eigenvalue weighted by molar-refractivity contribution is 0.224. The highest BCUT2D eigenvalue weighted by Gasteiger charge is 2.11. The third kappa shape index (κ3) is 3.55. The summed E-state index contributed by atoms with van der Waals surface area (Å²) in [6, 6.07) is 7.99. The van der Waals surface area contributed by atoms with Gasteiger partial charge in [-0.1, -0.05) is 12.1 Å². The van der Waals surface area contributed by atoms with E-state index < -0.39 is 0 Å². The van der Waals surface area contributed by atoms with Crippen molar-refractivity contribution < 1.29 is 9.84 Å². The van der Waals surface area contributed by atoms with Crippen molar-refractivity contribution in [2.45, 2.75) is 12.8 Å². The van der Waals surface area contributed by atoms with Gasteiger partial charge in [0.1, 0.15) is 5.75 Å². The molecule has 1 unspecified atom stereocenters. The second kappa shape index (κ2) is 6.52. The minimum atomic E-state index is 0.175. The Kier molecular flexibility index (Phi) is 4.73. The number of benzene rings is 1. The molecular formula is C14H17NO2S. The summed E-state index contributed by atoms with van der Waals surface area (Å²) in [6.07, 6.45) is 1.66. The molecule has 2 aromatic rings. The smallest absolute Gasteiger partial charge is 0.119 e. The van der Waals surface area contributed by atoms with E-state index in [1.165, 1.54) is 5.56 Å². The summed E-state index contributed by atoms with van der Waals surface area (Å²) >= 11 is 1.59. The van der Waals surface area contributed by atoms with E-state index >= 15 is 0 Å². The number of aromatic nitrogens is 1. The van der Waals surface area contributed by atoms with Crippen LogP contribution in [0.25, 0.3) is 0 Å². The van der Waals surface area contributed by atoms with Gasteiger partial charge in [0.25, 0.3) is 0 Å². The predicted molar refractivity (Wildman–Crippen MR) is 73.1 cm³/mol. The Morgan fingerprint density at radius 3 is 2.94 bits per heavy atom. The van der Waals surface area contributed by atoms with Crippen LogP contribution in [0.4, 0.5) is 0 Å². The van der Waals surface area contributed by atoms with Crippen molar-refractivity contribution in [2.24, 2.45) is 5.92 Å². The summed E-state index contributed by atoms with van der Waals surface area (Å²) in [5, 5.41) is 11.5. The van der Waals surface area contributed by atoms with Crippen LogP contribution in [0.15, 0.2) is 35.2 Å². The van der Waals surface area contributed by atoms with Gasteiger partial charge < -0.3 is 9.84 Å². The Morgan fingerprint density at radius 1 is 1.39 bits per heavy atom. The maximum Gasteiger partial charge on any atom is 0.119 e. The van der Waals surface area contributed by atoms with Crippen LogP contribution in [-0.4, -0.2) is 23.8 Å². The molecule has 1 atom stereocenters. The van der Waals surface area contributed by atoms with Crippen molar-refractivity contribution in [3.8, 4) is 5.75 Å². The highest BCUT2D eigenvalue weighted by Crippen LogP contribution is 2.18. The van der Waals surface area contributed by atoms with Crippen LogP contribution in [0.1, 0.15) is 11.3 Å². The van der Waals surface area contributed by atoms with Gasteiger partial charge in [0, 0.05) is 12.0 Å². The van der Waals surface area contributed by atoms with E-state index in [0.717, 1.165) is 24.3 Å². The van der Waals surface area contributed by atoms with Gasteiger partial charge in [-0.05, 0) is 36.5 Å².